The number of nitrogens with zero attached hydrogens (tertiary/aromatic N) is 2. The average molecular weight is 606 g/mol. The summed E-state index contributed by atoms with van der Waals surface area (Å²) < 4.78 is 68.4. The monoisotopic (exact) mass is 605 g/mol. The molecular formula is C26H28Cl2F3N3O4S. The molecule has 1 aliphatic heterocycles. The van der Waals surface area contributed by atoms with Crippen molar-refractivity contribution in [3.05, 3.63) is 58.1 Å². The van der Waals surface area contributed by atoms with Gasteiger partial charge in [0, 0.05) is 30.6 Å². The number of sulfonamides is 1. The van der Waals surface area contributed by atoms with Crippen LogP contribution in [0.4, 0.5) is 18.9 Å². The van der Waals surface area contributed by atoms with Crippen LogP contribution in [0.15, 0.2) is 47.4 Å². The van der Waals surface area contributed by atoms with Crippen LogP contribution in [-0.4, -0.2) is 50.8 Å². The van der Waals surface area contributed by atoms with Crippen LogP contribution in [0, 0.1) is 5.92 Å². The lowest BCUT2D eigenvalue weighted by Gasteiger charge is -2.35. The summed E-state index contributed by atoms with van der Waals surface area (Å²) in [6.07, 6.45) is -0.396. The third-order valence-electron chi connectivity index (χ3n) is 6.82. The predicted molar refractivity (Wildman–Crippen MR) is 142 cm³/mol. The Kier molecular flexibility index (Phi) is 9.02. The van der Waals surface area contributed by atoms with Gasteiger partial charge in [0.1, 0.15) is 6.54 Å². The third-order valence-corrected chi connectivity index (χ3v) is 9.16. The van der Waals surface area contributed by atoms with Gasteiger partial charge >= 0.3 is 6.18 Å². The largest absolute Gasteiger partial charge is 0.416 e. The van der Waals surface area contributed by atoms with Gasteiger partial charge in [-0.1, -0.05) is 23.2 Å². The summed E-state index contributed by atoms with van der Waals surface area (Å²) in [6, 6.07) is 7.67. The molecule has 1 atom stereocenters. The zero-order valence-corrected chi connectivity index (χ0v) is 23.2. The van der Waals surface area contributed by atoms with Crippen LogP contribution in [0.1, 0.15) is 44.1 Å². The van der Waals surface area contributed by atoms with E-state index in [1.165, 1.54) is 29.2 Å². The molecule has 2 amide bonds. The number of likely N-dealkylation sites (tertiary alicyclic amines) is 1. The Balaban J connectivity index is 1.57. The minimum Gasteiger partial charge on any atom is -0.353 e. The van der Waals surface area contributed by atoms with E-state index in [9.17, 15) is 31.2 Å². The fourth-order valence-corrected chi connectivity index (χ4v) is 6.35. The minimum absolute atomic E-state index is 0.0274. The summed E-state index contributed by atoms with van der Waals surface area (Å²) in [5.41, 5.74) is -1.56. The topological polar surface area (TPSA) is 86.8 Å². The number of rotatable bonds is 9. The molecule has 7 nitrogen and oxygen atoms in total. The Hall–Kier alpha value is -2.50. The van der Waals surface area contributed by atoms with Gasteiger partial charge in [0.25, 0.3) is 10.0 Å². The van der Waals surface area contributed by atoms with Gasteiger partial charge in [-0.05, 0) is 80.5 Å². The van der Waals surface area contributed by atoms with Crippen molar-refractivity contribution in [3.63, 3.8) is 0 Å². The van der Waals surface area contributed by atoms with E-state index in [1.807, 2.05) is 0 Å². The normalized spacial score (nSPS) is 18.1. The van der Waals surface area contributed by atoms with Crippen molar-refractivity contribution < 1.29 is 31.2 Å². The molecule has 39 heavy (non-hydrogen) atoms. The number of benzene rings is 2. The standard InChI is InChI=1S/C26H28Cl2F3N3O4S/c27-19-5-9-21(10-6-19)39(37,38)34(23-14-18(26(29,30)31)4-11-22(23)28)16-25(36)33-13-1-2-17(15-33)3-12-24(35)32-20-7-8-20/h4-6,9-11,14,17,20H,1-3,7-8,12-13,15-16H2,(H,32,35). The number of anilines is 1. The van der Waals surface area contributed by atoms with E-state index in [0.717, 1.165) is 31.4 Å². The van der Waals surface area contributed by atoms with Crippen molar-refractivity contribution in [1.29, 1.82) is 0 Å². The van der Waals surface area contributed by atoms with E-state index < -0.39 is 39.9 Å². The van der Waals surface area contributed by atoms with E-state index in [1.54, 1.807) is 0 Å². The lowest BCUT2D eigenvalue weighted by atomic mass is 9.93. The average Bonchev–Trinajstić information content (AvgIpc) is 3.70. The summed E-state index contributed by atoms with van der Waals surface area (Å²) in [6.45, 7) is -0.0592. The fraction of sp³-hybridized carbons (Fsp3) is 0.462. The molecule has 1 N–H and O–H groups in total. The Morgan fingerprint density at radius 1 is 1.05 bits per heavy atom. The van der Waals surface area contributed by atoms with Crippen molar-refractivity contribution in [2.75, 3.05) is 23.9 Å². The highest BCUT2D eigenvalue weighted by Gasteiger charge is 2.36. The molecular weight excluding hydrogens is 578 g/mol. The Labute approximate surface area is 235 Å². The van der Waals surface area contributed by atoms with Gasteiger partial charge in [-0.2, -0.15) is 13.2 Å². The van der Waals surface area contributed by atoms with Crippen molar-refractivity contribution in [3.8, 4) is 0 Å². The SMILES string of the molecule is O=C(CCC1CCCN(C(=O)CN(c2cc(C(F)(F)F)ccc2Cl)S(=O)(=O)c2ccc(Cl)cc2)C1)NC1CC1. The lowest BCUT2D eigenvalue weighted by Crippen LogP contribution is -2.47. The lowest BCUT2D eigenvalue weighted by molar-refractivity contribution is -0.137. The van der Waals surface area contributed by atoms with Crippen LogP contribution in [0.3, 0.4) is 0 Å². The molecule has 2 fully saturated rings. The first-order chi connectivity index (χ1) is 18.3. The Morgan fingerprint density at radius 2 is 1.74 bits per heavy atom. The summed E-state index contributed by atoms with van der Waals surface area (Å²) in [5, 5.41) is 2.94. The number of halogens is 5. The van der Waals surface area contributed by atoms with Gasteiger partial charge in [-0.25, -0.2) is 8.42 Å². The van der Waals surface area contributed by atoms with Crippen LogP contribution >= 0.6 is 23.2 Å². The number of carbonyl (C=O) groups is 2. The number of amides is 2. The molecule has 2 aromatic rings. The van der Waals surface area contributed by atoms with Crippen LogP contribution < -0.4 is 9.62 Å². The van der Waals surface area contributed by atoms with Crippen LogP contribution in [0.2, 0.25) is 10.0 Å². The number of alkyl halides is 3. The number of hydrogen-bond donors (Lipinski definition) is 1. The predicted octanol–water partition coefficient (Wildman–Crippen LogP) is 5.50. The summed E-state index contributed by atoms with van der Waals surface area (Å²) >= 11 is 12.1. The van der Waals surface area contributed by atoms with E-state index in [4.69, 9.17) is 23.2 Å². The van der Waals surface area contributed by atoms with Gasteiger partial charge < -0.3 is 10.2 Å². The van der Waals surface area contributed by atoms with Gasteiger partial charge in [0.2, 0.25) is 11.8 Å². The van der Waals surface area contributed by atoms with Crippen LogP contribution in [-0.2, 0) is 25.8 Å². The fourth-order valence-electron chi connectivity index (χ4n) is 4.53. The second-order valence-corrected chi connectivity index (χ2v) is 12.6. The van der Waals surface area contributed by atoms with Gasteiger partial charge in [0.05, 0.1) is 21.2 Å². The number of piperidine rings is 1. The van der Waals surface area contributed by atoms with Crippen molar-refractivity contribution in [1.82, 2.24) is 10.2 Å². The highest BCUT2D eigenvalue weighted by Crippen LogP contribution is 2.37. The van der Waals surface area contributed by atoms with Crippen LogP contribution in [0.5, 0.6) is 0 Å². The molecule has 0 bridgehead atoms. The maximum absolute atomic E-state index is 13.6. The molecule has 0 spiro atoms. The van der Waals surface area contributed by atoms with E-state index in [2.05, 4.69) is 5.32 Å². The van der Waals surface area contributed by atoms with Crippen LogP contribution in [0.25, 0.3) is 0 Å². The van der Waals surface area contributed by atoms with Crippen molar-refractivity contribution in [2.45, 2.75) is 55.6 Å². The second kappa shape index (κ2) is 11.9. The molecule has 1 saturated carbocycles. The van der Waals surface area contributed by atoms with Crippen molar-refractivity contribution in [2.24, 2.45) is 5.92 Å². The Bertz CT molecular complexity index is 1320. The molecule has 1 aliphatic carbocycles. The zero-order chi connectivity index (χ0) is 28.4. The first-order valence-corrected chi connectivity index (χ1v) is 14.8. The molecule has 1 heterocycles. The molecule has 2 aromatic carbocycles. The first-order valence-electron chi connectivity index (χ1n) is 12.6. The van der Waals surface area contributed by atoms with Gasteiger partial charge in [-0.3, -0.25) is 13.9 Å². The summed E-state index contributed by atoms with van der Waals surface area (Å²) in [7, 11) is -4.51. The van der Waals surface area contributed by atoms with Crippen molar-refractivity contribution >= 4 is 50.7 Å². The van der Waals surface area contributed by atoms with Gasteiger partial charge in [0.15, 0.2) is 0 Å². The molecule has 4 rings (SSSR count). The maximum Gasteiger partial charge on any atom is 0.416 e. The highest BCUT2D eigenvalue weighted by molar-refractivity contribution is 7.92. The molecule has 2 aliphatic rings. The molecule has 1 saturated heterocycles. The number of carbonyl (C=O) groups excluding carboxylic acids is 2. The maximum atomic E-state index is 13.6. The number of hydrogen-bond acceptors (Lipinski definition) is 4. The van der Waals surface area contributed by atoms with Gasteiger partial charge in [-0.15, -0.1) is 0 Å². The Morgan fingerprint density at radius 3 is 2.38 bits per heavy atom. The molecule has 1 unspecified atom stereocenters. The first kappa shape index (κ1) is 29.5. The van der Waals surface area contributed by atoms with E-state index in [-0.39, 0.29) is 32.8 Å². The highest BCUT2D eigenvalue weighted by atomic mass is 35.5. The third kappa shape index (κ3) is 7.58. The molecule has 0 radical (unpaired) electrons. The quantitative estimate of drug-likeness (QED) is 0.408. The van der Waals surface area contributed by atoms with E-state index in [0.29, 0.717) is 42.7 Å². The summed E-state index contributed by atoms with van der Waals surface area (Å²) in [5.74, 6) is -0.556. The molecule has 0 aromatic heterocycles. The smallest absolute Gasteiger partial charge is 0.353 e. The van der Waals surface area contributed by atoms with E-state index >= 15 is 0 Å². The molecule has 13 heteroatoms. The molecule has 212 valence electrons. The number of nitrogens with one attached hydrogen (secondary N) is 1. The second-order valence-electron chi connectivity index (χ2n) is 9.86. The zero-order valence-electron chi connectivity index (χ0n) is 20.9. The minimum atomic E-state index is -4.76. The summed E-state index contributed by atoms with van der Waals surface area (Å²) in [4.78, 5) is 26.7.